The third-order valence-corrected chi connectivity index (χ3v) is 5.42. The van der Waals surface area contributed by atoms with Crippen molar-refractivity contribution in [2.75, 3.05) is 45.2 Å². The number of carbonyl (C=O) groups is 1. The first kappa shape index (κ1) is 16.4. The monoisotopic (exact) mass is 343 g/mol. The lowest BCUT2D eigenvalue weighted by Gasteiger charge is -2.23. The lowest BCUT2D eigenvalue weighted by molar-refractivity contribution is 0.0737. The van der Waals surface area contributed by atoms with E-state index in [1.165, 1.54) is 0 Å². The van der Waals surface area contributed by atoms with Gasteiger partial charge in [-0.1, -0.05) is 0 Å². The molecule has 0 bridgehead atoms. The second kappa shape index (κ2) is 6.65. The Kier molecular flexibility index (Phi) is 4.35. The number of imidazole rings is 1. The summed E-state index contributed by atoms with van der Waals surface area (Å²) >= 11 is 0. The summed E-state index contributed by atoms with van der Waals surface area (Å²) < 4.78 is 7.07. The standard InChI is InChI=1S/C18H25N5O2/c1-22-15-4-3-12(9-14(15)21-18(22)20-6-8-25-2)17(24)23-7-5-13-10-19-11-16(13)23/h3-4,9,13,16,19H,5-8,10-11H2,1-2H3,(H,20,21)/t13-,16+/m0/s1. The molecule has 2 atom stereocenters. The molecule has 0 radical (unpaired) electrons. The lowest BCUT2D eigenvalue weighted by Crippen LogP contribution is -2.39. The maximum atomic E-state index is 13.0. The Morgan fingerprint density at radius 2 is 2.32 bits per heavy atom. The van der Waals surface area contributed by atoms with Crippen molar-refractivity contribution >= 4 is 22.9 Å². The Hall–Kier alpha value is -2.12. The Morgan fingerprint density at radius 1 is 1.44 bits per heavy atom. The molecule has 0 saturated carbocycles. The number of rotatable bonds is 5. The van der Waals surface area contributed by atoms with Gasteiger partial charge in [-0.25, -0.2) is 4.98 Å². The minimum atomic E-state index is 0.123. The topological polar surface area (TPSA) is 71.4 Å². The molecule has 4 rings (SSSR count). The number of methoxy groups -OCH3 is 1. The van der Waals surface area contributed by atoms with E-state index >= 15 is 0 Å². The normalized spacial score (nSPS) is 22.6. The van der Waals surface area contributed by atoms with Gasteiger partial charge in [0.1, 0.15) is 0 Å². The van der Waals surface area contributed by atoms with Crippen LogP contribution in [0.15, 0.2) is 18.2 Å². The predicted octanol–water partition coefficient (Wildman–Crippen LogP) is 1.07. The molecule has 0 spiro atoms. The zero-order valence-electron chi connectivity index (χ0n) is 14.8. The van der Waals surface area contributed by atoms with E-state index in [2.05, 4.69) is 15.6 Å². The fourth-order valence-electron chi connectivity index (χ4n) is 4.02. The Morgan fingerprint density at radius 3 is 3.16 bits per heavy atom. The van der Waals surface area contributed by atoms with Crippen LogP contribution < -0.4 is 10.6 Å². The van der Waals surface area contributed by atoms with Crippen LogP contribution >= 0.6 is 0 Å². The van der Waals surface area contributed by atoms with E-state index in [1.54, 1.807) is 7.11 Å². The summed E-state index contributed by atoms with van der Waals surface area (Å²) in [7, 11) is 3.65. The van der Waals surface area contributed by atoms with Crippen LogP contribution in [0.4, 0.5) is 5.95 Å². The molecule has 134 valence electrons. The maximum Gasteiger partial charge on any atom is 0.254 e. The molecule has 3 heterocycles. The van der Waals surface area contributed by atoms with Gasteiger partial charge in [-0.3, -0.25) is 4.79 Å². The van der Waals surface area contributed by atoms with Gasteiger partial charge in [-0.15, -0.1) is 0 Å². The number of aryl methyl sites for hydroxylation is 1. The van der Waals surface area contributed by atoms with Crippen molar-refractivity contribution in [1.82, 2.24) is 19.8 Å². The number of carbonyl (C=O) groups excluding carboxylic acids is 1. The highest BCUT2D eigenvalue weighted by molar-refractivity contribution is 5.98. The molecule has 1 aromatic carbocycles. The summed E-state index contributed by atoms with van der Waals surface area (Å²) in [6, 6.07) is 6.16. The third kappa shape index (κ3) is 2.87. The smallest absolute Gasteiger partial charge is 0.254 e. The van der Waals surface area contributed by atoms with E-state index in [4.69, 9.17) is 4.74 Å². The van der Waals surface area contributed by atoms with Crippen molar-refractivity contribution in [3.8, 4) is 0 Å². The lowest BCUT2D eigenvalue weighted by atomic mass is 10.0. The van der Waals surface area contributed by atoms with Crippen LogP contribution in [-0.2, 0) is 11.8 Å². The molecule has 2 aliphatic rings. The third-order valence-electron chi connectivity index (χ3n) is 5.42. The molecule has 7 nitrogen and oxygen atoms in total. The number of aromatic nitrogens is 2. The van der Waals surface area contributed by atoms with Gasteiger partial charge >= 0.3 is 0 Å². The second-order valence-corrected chi connectivity index (χ2v) is 6.89. The van der Waals surface area contributed by atoms with E-state index in [9.17, 15) is 4.79 Å². The van der Waals surface area contributed by atoms with E-state index in [1.807, 2.05) is 34.7 Å². The molecule has 7 heteroatoms. The highest BCUT2D eigenvalue weighted by Gasteiger charge is 2.40. The van der Waals surface area contributed by atoms with Crippen LogP contribution in [-0.4, -0.2) is 66.3 Å². The Labute approximate surface area is 147 Å². The quantitative estimate of drug-likeness (QED) is 0.795. The van der Waals surface area contributed by atoms with Gasteiger partial charge in [0.15, 0.2) is 0 Å². The average molecular weight is 343 g/mol. The molecule has 1 aromatic heterocycles. The molecule has 0 aliphatic carbocycles. The summed E-state index contributed by atoms with van der Waals surface area (Å²) in [5.74, 6) is 1.52. The van der Waals surface area contributed by atoms with Crippen molar-refractivity contribution < 1.29 is 9.53 Å². The zero-order valence-corrected chi connectivity index (χ0v) is 14.8. The number of likely N-dealkylation sites (tertiary alicyclic amines) is 1. The number of anilines is 1. The number of benzene rings is 1. The van der Waals surface area contributed by atoms with Gasteiger partial charge < -0.3 is 24.8 Å². The van der Waals surface area contributed by atoms with E-state index in [-0.39, 0.29) is 5.91 Å². The van der Waals surface area contributed by atoms with Crippen molar-refractivity contribution in [3.63, 3.8) is 0 Å². The highest BCUT2D eigenvalue weighted by Crippen LogP contribution is 2.29. The van der Waals surface area contributed by atoms with Gasteiger partial charge in [-0.2, -0.15) is 0 Å². The highest BCUT2D eigenvalue weighted by atomic mass is 16.5. The summed E-state index contributed by atoms with van der Waals surface area (Å²) in [6.07, 6.45) is 1.10. The number of hydrogen-bond acceptors (Lipinski definition) is 5. The number of fused-ring (bicyclic) bond motifs is 2. The Bertz CT molecular complexity index is 787. The minimum Gasteiger partial charge on any atom is -0.383 e. The predicted molar refractivity (Wildman–Crippen MR) is 96.9 cm³/mol. The molecule has 2 aromatic rings. The number of amides is 1. The van der Waals surface area contributed by atoms with Gasteiger partial charge in [0, 0.05) is 51.9 Å². The van der Waals surface area contributed by atoms with Crippen molar-refractivity contribution in [1.29, 1.82) is 0 Å². The van der Waals surface area contributed by atoms with E-state index in [0.29, 0.717) is 25.1 Å². The van der Waals surface area contributed by atoms with Crippen molar-refractivity contribution in [2.45, 2.75) is 12.5 Å². The number of nitrogens with zero attached hydrogens (tertiary/aromatic N) is 3. The first-order chi connectivity index (χ1) is 12.2. The van der Waals surface area contributed by atoms with Crippen molar-refractivity contribution in [2.24, 2.45) is 13.0 Å². The first-order valence-electron chi connectivity index (χ1n) is 8.90. The van der Waals surface area contributed by atoms with Gasteiger partial charge in [0.05, 0.1) is 17.6 Å². The van der Waals surface area contributed by atoms with Crippen LogP contribution in [0, 0.1) is 5.92 Å². The largest absolute Gasteiger partial charge is 0.383 e. The Balaban J connectivity index is 1.57. The van der Waals surface area contributed by atoms with Crippen LogP contribution in [0.3, 0.4) is 0 Å². The zero-order chi connectivity index (χ0) is 17.4. The molecular weight excluding hydrogens is 318 g/mol. The second-order valence-electron chi connectivity index (χ2n) is 6.89. The fourth-order valence-corrected chi connectivity index (χ4v) is 4.02. The number of ether oxygens (including phenoxy) is 1. The summed E-state index contributed by atoms with van der Waals surface area (Å²) in [4.78, 5) is 19.6. The van der Waals surface area contributed by atoms with Crippen LogP contribution in [0.25, 0.3) is 11.0 Å². The maximum absolute atomic E-state index is 13.0. The van der Waals surface area contributed by atoms with Gasteiger partial charge in [0.2, 0.25) is 5.95 Å². The number of hydrogen-bond donors (Lipinski definition) is 2. The molecule has 2 fully saturated rings. The summed E-state index contributed by atoms with van der Waals surface area (Å²) in [5.41, 5.74) is 2.58. The fraction of sp³-hybridized carbons (Fsp3) is 0.556. The molecule has 25 heavy (non-hydrogen) atoms. The van der Waals surface area contributed by atoms with Crippen LogP contribution in [0.2, 0.25) is 0 Å². The van der Waals surface area contributed by atoms with E-state index in [0.717, 1.165) is 48.6 Å². The molecule has 1 amide bonds. The minimum absolute atomic E-state index is 0.123. The van der Waals surface area contributed by atoms with E-state index < -0.39 is 0 Å². The van der Waals surface area contributed by atoms with Gasteiger partial charge in [0.25, 0.3) is 5.91 Å². The molecule has 2 aliphatic heterocycles. The van der Waals surface area contributed by atoms with Gasteiger partial charge in [-0.05, 0) is 30.5 Å². The summed E-state index contributed by atoms with van der Waals surface area (Å²) in [5, 5.41) is 6.66. The van der Waals surface area contributed by atoms with Crippen molar-refractivity contribution in [3.05, 3.63) is 23.8 Å². The average Bonchev–Trinajstić information content (AvgIpc) is 3.30. The molecule has 2 N–H and O–H groups in total. The SMILES string of the molecule is COCCNc1nc2cc(C(=O)N3CC[C@H]4CNC[C@H]43)ccc2n1C. The van der Waals surface area contributed by atoms with Crippen LogP contribution in [0.1, 0.15) is 16.8 Å². The molecular formula is C18H25N5O2. The van der Waals surface area contributed by atoms with Crippen LogP contribution in [0.5, 0.6) is 0 Å². The molecule has 2 saturated heterocycles. The summed E-state index contributed by atoms with van der Waals surface area (Å²) in [6.45, 7) is 4.13. The molecule has 0 unspecified atom stereocenters. The first-order valence-corrected chi connectivity index (χ1v) is 8.90. The number of nitrogens with one attached hydrogen (secondary N) is 2.